The monoisotopic (exact) mass is 483 g/mol. The van der Waals surface area contributed by atoms with Crippen LogP contribution in [0.4, 0.5) is 17.6 Å². The highest BCUT2D eigenvalue weighted by molar-refractivity contribution is 5.83. The lowest BCUT2D eigenvalue weighted by molar-refractivity contribution is -0.158. The SMILES string of the molecule is NC/C(=C\F)COc1ccc(C23CCC(C(=O)N4CCN(CC(F)(F)F)CC4)(CC2)CC3)cc1. The van der Waals surface area contributed by atoms with Gasteiger partial charge in [0.15, 0.2) is 0 Å². The fraction of sp³-hybridized carbons (Fsp3) is 0.640. The summed E-state index contributed by atoms with van der Waals surface area (Å²) in [7, 11) is 0. The molecular weight excluding hydrogens is 450 g/mol. The largest absolute Gasteiger partial charge is 0.489 e. The summed E-state index contributed by atoms with van der Waals surface area (Å²) >= 11 is 0. The van der Waals surface area contributed by atoms with Gasteiger partial charge in [0.25, 0.3) is 0 Å². The second-order valence-electron chi connectivity index (χ2n) is 10.0. The molecule has 34 heavy (non-hydrogen) atoms. The van der Waals surface area contributed by atoms with E-state index in [0.29, 0.717) is 30.7 Å². The topological polar surface area (TPSA) is 58.8 Å². The number of alkyl halides is 3. The Balaban J connectivity index is 1.33. The van der Waals surface area contributed by atoms with Crippen LogP contribution in [0, 0.1) is 5.41 Å². The van der Waals surface area contributed by atoms with Gasteiger partial charge in [-0.15, -0.1) is 0 Å². The van der Waals surface area contributed by atoms with E-state index in [2.05, 4.69) is 12.1 Å². The van der Waals surface area contributed by atoms with Crippen LogP contribution in [-0.2, 0) is 10.2 Å². The van der Waals surface area contributed by atoms with Crippen molar-refractivity contribution in [2.75, 3.05) is 45.9 Å². The number of nitrogens with two attached hydrogens (primary N) is 1. The molecule has 9 heteroatoms. The van der Waals surface area contributed by atoms with Crippen LogP contribution in [-0.4, -0.2) is 67.8 Å². The average Bonchev–Trinajstić information content (AvgIpc) is 2.85. The third-order valence-corrected chi connectivity index (χ3v) is 8.07. The predicted molar refractivity (Wildman–Crippen MR) is 121 cm³/mol. The van der Waals surface area contributed by atoms with Crippen LogP contribution >= 0.6 is 0 Å². The number of halogens is 4. The number of nitrogens with zero attached hydrogens (tertiary/aromatic N) is 2. The maximum absolute atomic E-state index is 13.4. The van der Waals surface area contributed by atoms with Crippen molar-refractivity contribution in [3.63, 3.8) is 0 Å². The Labute approximate surface area is 197 Å². The van der Waals surface area contributed by atoms with Crippen molar-refractivity contribution in [2.45, 2.75) is 50.1 Å². The Bertz CT molecular complexity index is 868. The Hall–Kier alpha value is -2.13. The predicted octanol–water partition coefficient (Wildman–Crippen LogP) is 4.18. The fourth-order valence-corrected chi connectivity index (χ4v) is 5.85. The molecule has 0 unspecified atom stereocenters. The number of fused-ring (bicyclic) bond motifs is 3. The Morgan fingerprint density at radius 2 is 1.59 bits per heavy atom. The maximum atomic E-state index is 13.4. The number of rotatable bonds is 7. The van der Waals surface area contributed by atoms with Crippen LogP contribution in [0.5, 0.6) is 5.75 Å². The van der Waals surface area contributed by atoms with Crippen LogP contribution in [0.25, 0.3) is 0 Å². The minimum absolute atomic E-state index is 0.0488. The van der Waals surface area contributed by atoms with E-state index in [1.165, 1.54) is 10.5 Å². The fourth-order valence-electron chi connectivity index (χ4n) is 5.85. The van der Waals surface area contributed by atoms with E-state index in [-0.39, 0.29) is 43.0 Å². The van der Waals surface area contributed by atoms with Gasteiger partial charge >= 0.3 is 6.18 Å². The zero-order chi connectivity index (χ0) is 24.4. The van der Waals surface area contributed by atoms with E-state index in [1.807, 2.05) is 12.1 Å². The molecule has 188 valence electrons. The first-order chi connectivity index (χ1) is 16.2. The highest BCUT2D eigenvalue weighted by Crippen LogP contribution is 2.58. The summed E-state index contributed by atoms with van der Waals surface area (Å²) < 4.78 is 56.2. The highest BCUT2D eigenvalue weighted by atomic mass is 19.4. The molecule has 1 aromatic carbocycles. The standard InChI is InChI=1S/C25H33F4N3O2/c26-15-19(16-30)17-34-21-3-1-20(2-4-21)23-5-8-24(9-6-23,10-7-23)22(33)32-13-11-31(12-14-32)18-25(27,28)29/h1-4,15H,5-14,16-18,30H2/b19-15+. The first kappa shape index (κ1) is 25.0. The van der Waals surface area contributed by atoms with Crippen LogP contribution < -0.4 is 10.5 Å². The van der Waals surface area contributed by atoms with Crippen molar-refractivity contribution in [3.8, 4) is 5.75 Å². The van der Waals surface area contributed by atoms with Gasteiger partial charge in [0.1, 0.15) is 12.4 Å². The summed E-state index contributed by atoms with van der Waals surface area (Å²) in [5.74, 6) is 0.793. The number of carbonyl (C=O) groups is 1. The molecular formula is C25H33F4N3O2. The van der Waals surface area contributed by atoms with Crippen molar-refractivity contribution in [2.24, 2.45) is 11.1 Å². The maximum Gasteiger partial charge on any atom is 0.401 e. The van der Waals surface area contributed by atoms with E-state index >= 15 is 0 Å². The molecule has 0 radical (unpaired) electrons. The lowest BCUT2D eigenvalue weighted by atomic mass is 9.51. The highest BCUT2D eigenvalue weighted by Gasteiger charge is 2.54. The average molecular weight is 484 g/mol. The van der Waals surface area contributed by atoms with E-state index in [4.69, 9.17) is 10.5 Å². The molecule has 4 fully saturated rings. The van der Waals surface area contributed by atoms with Crippen LogP contribution in [0.3, 0.4) is 0 Å². The number of carbonyl (C=O) groups excluding carboxylic acids is 1. The summed E-state index contributed by atoms with van der Waals surface area (Å²) in [5.41, 5.74) is 6.77. The second kappa shape index (κ2) is 9.85. The minimum Gasteiger partial charge on any atom is -0.489 e. The Kier molecular flexibility index (Phi) is 7.24. The van der Waals surface area contributed by atoms with E-state index in [9.17, 15) is 22.4 Å². The molecule has 0 aromatic heterocycles. The van der Waals surface area contributed by atoms with Gasteiger partial charge in [0.2, 0.25) is 5.91 Å². The minimum atomic E-state index is -4.20. The molecule has 3 aliphatic carbocycles. The number of benzene rings is 1. The second-order valence-corrected chi connectivity index (χ2v) is 10.0. The van der Waals surface area contributed by atoms with Crippen molar-refractivity contribution in [1.82, 2.24) is 9.80 Å². The van der Waals surface area contributed by atoms with E-state index in [1.54, 1.807) is 4.90 Å². The molecule has 1 amide bonds. The molecule has 0 spiro atoms. The van der Waals surface area contributed by atoms with Crippen molar-refractivity contribution >= 4 is 5.91 Å². The summed E-state index contributed by atoms with van der Waals surface area (Å²) in [6.07, 6.45) is 1.49. The number of hydrogen-bond acceptors (Lipinski definition) is 4. The van der Waals surface area contributed by atoms with Gasteiger partial charge < -0.3 is 15.4 Å². The van der Waals surface area contributed by atoms with Gasteiger partial charge in [0.05, 0.1) is 12.9 Å². The number of hydrogen-bond donors (Lipinski definition) is 1. The molecule has 1 aliphatic heterocycles. The first-order valence-electron chi connectivity index (χ1n) is 12.0. The van der Waals surface area contributed by atoms with Crippen LogP contribution in [0.1, 0.15) is 44.1 Å². The third kappa shape index (κ3) is 5.25. The zero-order valence-electron chi connectivity index (χ0n) is 19.4. The van der Waals surface area contributed by atoms with Gasteiger partial charge in [-0.1, -0.05) is 12.1 Å². The first-order valence-corrected chi connectivity index (χ1v) is 12.0. The number of piperazine rings is 1. The molecule has 1 aromatic rings. The van der Waals surface area contributed by atoms with Gasteiger partial charge in [-0.05, 0) is 61.6 Å². The lowest BCUT2D eigenvalue weighted by Gasteiger charge is -2.54. The van der Waals surface area contributed by atoms with Crippen molar-refractivity contribution in [3.05, 3.63) is 41.7 Å². The quantitative estimate of drug-likeness (QED) is 0.592. The van der Waals surface area contributed by atoms with Crippen LogP contribution in [0.2, 0.25) is 0 Å². The van der Waals surface area contributed by atoms with E-state index in [0.717, 1.165) is 38.5 Å². The number of ether oxygens (including phenoxy) is 1. The Morgan fingerprint density at radius 1 is 1.00 bits per heavy atom. The Morgan fingerprint density at radius 3 is 2.09 bits per heavy atom. The molecule has 2 N–H and O–H groups in total. The molecule has 3 saturated carbocycles. The summed E-state index contributed by atoms with van der Waals surface area (Å²) in [4.78, 5) is 16.6. The lowest BCUT2D eigenvalue weighted by Crippen LogP contribution is -2.57. The molecule has 5 nitrogen and oxygen atoms in total. The molecule has 4 aliphatic rings. The van der Waals surface area contributed by atoms with Gasteiger partial charge in [-0.3, -0.25) is 9.69 Å². The normalized spacial score (nSPS) is 28.3. The summed E-state index contributed by atoms with van der Waals surface area (Å²) in [6.45, 7) is 0.599. The third-order valence-electron chi connectivity index (χ3n) is 8.07. The molecule has 1 saturated heterocycles. The van der Waals surface area contributed by atoms with Crippen molar-refractivity contribution < 1.29 is 27.1 Å². The molecule has 5 rings (SSSR count). The number of amides is 1. The van der Waals surface area contributed by atoms with Gasteiger partial charge in [-0.2, -0.15) is 13.2 Å². The summed E-state index contributed by atoms with van der Waals surface area (Å²) in [6, 6.07) is 7.93. The molecule has 2 bridgehead atoms. The zero-order valence-corrected chi connectivity index (χ0v) is 19.4. The smallest absolute Gasteiger partial charge is 0.401 e. The molecule has 0 atom stereocenters. The summed E-state index contributed by atoms with van der Waals surface area (Å²) in [5, 5.41) is 0. The van der Waals surface area contributed by atoms with Crippen molar-refractivity contribution in [1.29, 1.82) is 0 Å². The van der Waals surface area contributed by atoms with E-state index < -0.39 is 12.7 Å². The van der Waals surface area contributed by atoms with Gasteiger partial charge in [0, 0.05) is 43.7 Å². The molecule has 1 heterocycles. The van der Waals surface area contributed by atoms with Gasteiger partial charge in [-0.25, -0.2) is 4.39 Å². The van der Waals surface area contributed by atoms with Crippen LogP contribution in [0.15, 0.2) is 36.2 Å².